The van der Waals surface area contributed by atoms with Crippen LogP contribution >= 0.6 is 43.5 Å². The Kier molecular flexibility index (Phi) is 3.93. The zero-order chi connectivity index (χ0) is 11.7. The molecule has 0 saturated carbocycles. The Balaban J connectivity index is 2.09. The van der Waals surface area contributed by atoms with Gasteiger partial charge in [-0.25, -0.2) is 0 Å². The molecule has 0 N–H and O–H groups in total. The molecule has 16 heavy (non-hydrogen) atoms. The maximum absolute atomic E-state index is 11.6. The summed E-state index contributed by atoms with van der Waals surface area (Å²) in [7, 11) is 0. The van der Waals surface area contributed by atoms with E-state index in [2.05, 4.69) is 31.9 Å². The Morgan fingerprint density at radius 3 is 2.81 bits per heavy atom. The van der Waals surface area contributed by atoms with Gasteiger partial charge in [-0.3, -0.25) is 4.79 Å². The van der Waals surface area contributed by atoms with Crippen molar-refractivity contribution in [1.29, 1.82) is 0 Å². The number of carbonyl (C=O) groups is 1. The van der Waals surface area contributed by atoms with Gasteiger partial charge in [0.05, 0.1) is 5.02 Å². The zero-order valence-electron chi connectivity index (χ0n) is 8.42. The quantitative estimate of drug-likeness (QED) is 0.732. The third kappa shape index (κ3) is 2.79. The minimum absolute atomic E-state index is 0.195. The molecule has 0 aliphatic carbocycles. The number of alkyl halides is 1. The summed E-state index contributed by atoms with van der Waals surface area (Å²) >= 11 is 12.8. The molecule has 1 aliphatic heterocycles. The van der Waals surface area contributed by atoms with Crippen molar-refractivity contribution < 1.29 is 4.79 Å². The molecule has 1 aliphatic rings. The Hall–Kier alpha value is -0.0600. The van der Waals surface area contributed by atoms with Gasteiger partial charge < -0.3 is 4.90 Å². The third-order valence-corrected chi connectivity index (χ3v) is 4.37. The van der Waals surface area contributed by atoms with E-state index < -0.39 is 0 Å². The topological polar surface area (TPSA) is 20.3 Å². The van der Waals surface area contributed by atoms with Crippen molar-refractivity contribution >= 4 is 49.4 Å². The number of hydrogen-bond donors (Lipinski definition) is 0. The van der Waals surface area contributed by atoms with Crippen LogP contribution in [0.15, 0.2) is 22.7 Å². The fourth-order valence-electron chi connectivity index (χ4n) is 1.74. The van der Waals surface area contributed by atoms with Gasteiger partial charge >= 0.3 is 0 Å². The maximum atomic E-state index is 11.6. The number of benzene rings is 1. The standard InChI is InChI=1S/C11H10Br2ClNO/c12-8-4-11(16)15(6-8)5-7-1-2-9(13)10(14)3-7/h1-3,8H,4-6H2. The second kappa shape index (κ2) is 5.07. The molecule has 1 aromatic carbocycles. The summed E-state index contributed by atoms with van der Waals surface area (Å²) in [6.45, 7) is 1.40. The number of amides is 1. The average Bonchev–Trinajstić information content (AvgIpc) is 2.51. The zero-order valence-corrected chi connectivity index (χ0v) is 12.3. The molecule has 1 amide bonds. The van der Waals surface area contributed by atoms with E-state index in [0.29, 0.717) is 18.0 Å². The Bertz CT molecular complexity index is 424. The molecule has 0 aromatic heterocycles. The molecule has 86 valence electrons. The number of halogens is 3. The fraction of sp³-hybridized carbons (Fsp3) is 0.364. The molecule has 1 saturated heterocycles. The van der Waals surface area contributed by atoms with Crippen molar-refractivity contribution in [1.82, 2.24) is 4.90 Å². The van der Waals surface area contributed by atoms with Crippen LogP contribution in [-0.2, 0) is 11.3 Å². The molecule has 0 bridgehead atoms. The summed E-state index contributed by atoms with van der Waals surface area (Å²) in [5.74, 6) is 0.195. The van der Waals surface area contributed by atoms with Gasteiger partial charge in [-0.15, -0.1) is 0 Å². The lowest BCUT2D eigenvalue weighted by Gasteiger charge is -2.16. The van der Waals surface area contributed by atoms with E-state index >= 15 is 0 Å². The van der Waals surface area contributed by atoms with E-state index in [4.69, 9.17) is 11.6 Å². The van der Waals surface area contributed by atoms with E-state index in [9.17, 15) is 4.79 Å². The minimum atomic E-state index is 0.195. The van der Waals surface area contributed by atoms with Gasteiger partial charge in [0.2, 0.25) is 5.91 Å². The molecular formula is C11H10Br2ClNO. The van der Waals surface area contributed by atoms with Gasteiger partial charge in [-0.2, -0.15) is 0 Å². The number of likely N-dealkylation sites (tertiary alicyclic amines) is 1. The summed E-state index contributed by atoms with van der Waals surface area (Å²) in [5, 5.41) is 0.680. The van der Waals surface area contributed by atoms with Gasteiger partial charge in [-0.05, 0) is 33.6 Å². The van der Waals surface area contributed by atoms with Crippen molar-refractivity contribution in [3.63, 3.8) is 0 Å². The van der Waals surface area contributed by atoms with E-state index in [1.54, 1.807) is 0 Å². The molecule has 0 spiro atoms. The second-order valence-corrected chi connectivity index (χ2v) is 6.38. The number of carbonyl (C=O) groups excluding carboxylic acids is 1. The van der Waals surface area contributed by atoms with E-state index in [0.717, 1.165) is 16.6 Å². The summed E-state index contributed by atoms with van der Waals surface area (Å²) in [6.07, 6.45) is 0.588. The first kappa shape index (κ1) is 12.4. The molecule has 0 radical (unpaired) electrons. The smallest absolute Gasteiger partial charge is 0.224 e. The molecule has 5 heteroatoms. The molecule has 1 heterocycles. The van der Waals surface area contributed by atoms with E-state index in [-0.39, 0.29) is 10.7 Å². The summed E-state index contributed by atoms with van der Waals surface area (Å²) in [5.41, 5.74) is 1.06. The Labute approximate surface area is 116 Å². The predicted octanol–water partition coefficient (Wildman–Crippen LogP) is 3.60. The lowest BCUT2D eigenvalue weighted by atomic mass is 10.2. The van der Waals surface area contributed by atoms with Crippen LogP contribution in [0, 0.1) is 0 Å². The average molecular weight is 367 g/mol. The van der Waals surface area contributed by atoms with Gasteiger partial charge in [-0.1, -0.05) is 33.6 Å². The highest BCUT2D eigenvalue weighted by molar-refractivity contribution is 9.10. The molecule has 1 aromatic rings. The monoisotopic (exact) mass is 365 g/mol. The summed E-state index contributed by atoms with van der Waals surface area (Å²) < 4.78 is 0.879. The molecule has 2 nitrogen and oxygen atoms in total. The van der Waals surface area contributed by atoms with Crippen LogP contribution in [0.2, 0.25) is 5.02 Å². The second-order valence-electron chi connectivity index (χ2n) is 3.82. The van der Waals surface area contributed by atoms with Crippen LogP contribution in [0.5, 0.6) is 0 Å². The van der Waals surface area contributed by atoms with Gasteiger partial charge in [0.1, 0.15) is 0 Å². The first-order chi connectivity index (χ1) is 7.56. The van der Waals surface area contributed by atoms with Crippen LogP contribution in [0.3, 0.4) is 0 Å². The van der Waals surface area contributed by atoms with Crippen LogP contribution in [-0.4, -0.2) is 22.2 Å². The Morgan fingerprint density at radius 1 is 1.50 bits per heavy atom. The highest BCUT2D eigenvalue weighted by atomic mass is 79.9. The summed E-state index contributed by atoms with van der Waals surface area (Å²) in [4.78, 5) is 13.7. The van der Waals surface area contributed by atoms with Gasteiger partial charge in [0.15, 0.2) is 0 Å². The van der Waals surface area contributed by atoms with Crippen molar-refractivity contribution in [3.8, 4) is 0 Å². The highest BCUT2D eigenvalue weighted by Crippen LogP contribution is 2.25. The molecule has 2 rings (SSSR count). The first-order valence-electron chi connectivity index (χ1n) is 4.92. The number of rotatable bonds is 2. The Morgan fingerprint density at radius 2 is 2.25 bits per heavy atom. The fourth-order valence-corrected chi connectivity index (χ4v) is 2.81. The molecule has 1 unspecified atom stereocenters. The van der Waals surface area contributed by atoms with Crippen molar-refractivity contribution in [3.05, 3.63) is 33.3 Å². The van der Waals surface area contributed by atoms with E-state index in [1.165, 1.54) is 0 Å². The minimum Gasteiger partial charge on any atom is -0.337 e. The first-order valence-corrected chi connectivity index (χ1v) is 7.00. The van der Waals surface area contributed by atoms with Crippen molar-refractivity contribution in [2.24, 2.45) is 0 Å². The van der Waals surface area contributed by atoms with Crippen LogP contribution < -0.4 is 0 Å². The van der Waals surface area contributed by atoms with Crippen LogP contribution in [0.25, 0.3) is 0 Å². The SMILES string of the molecule is O=C1CC(Br)CN1Cc1ccc(Br)c(Cl)c1. The number of nitrogens with zero attached hydrogens (tertiary/aromatic N) is 1. The van der Waals surface area contributed by atoms with Gasteiger partial charge in [0.25, 0.3) is 0 Å². The number of hydrogen-bond acceptors (Lipinski definition) is 1. The normalized spacial score (nSPS) is 20.6. The molecule has 1 atom stereocenters. The van der Waals surface area contributed by atoms with Crippen LogP contribution in [0.4, 0.5) is 0 Å². The highest BCUT2D eigenvalue weighted by Gasteiger charge is 2.27. The largest absolute Gasteiger partial charge is 0.337 e. The lowest BCUT2D eigenvalue weighted by Crippen LogP contribution is -2.24. The molecule has 1 fully saturated rings. The molecular weight excluding hydrogens is 357 g/mol. The predicted molar refractivity (Wildman–Crippen MR) is 71.9 cm³/mol. The van der Waals surface area contributed by atoms with E-state index in [1.807, 2.05) is 23.1 Å². The third-order valence-electron chi connectivity index (χ3n) is 2.52. The maximum Gasteiger partial charge on any atom is 0.224 e. The van der Waals surface area contributed by atoms with Crippen LogP contribution in [0.1, 0.15) is 12.0 Å². The van der Waals surface area contributed by atoms with Crippen molar-refractivity contribution in [2.75, 3.05) is 6.54 Å². The summed E-state index contributed by atoms with van der Waals surface area (Å²) in [6, 6.07) is 5.77. The van der Waals surface area contributed by atoms with Crippen molar-refractivity contribution in [2.45, 2.75) is 17.8 Å². The van der Waals surface area contributed by atoms with Gasteiger partial charge in [0, 0.05) is 28.8 Å². The lowest BCUT2D eigenvalue weighted by molar-refractivity contribution is -0.128.